The van der Waals surface area contributed by atoms with E-state index in [0.717, 1.165) is 19.4 Å². The summed E-state index contributed by atoms with van der Waals surface area (Å²) < 4.78 is 19.2. The number of ether oxygens (including phenoxy) is 1. The van der Waals surface area contributed by atoms with Gasteiger partial charge in [-0.15, -0.1) is 0 Å². The Morgan fingerprint density at radius 2 is 1.85 bits per heavy atom. The lowest BCUT2D eigenvalue weighted by Crippen LogP contribution is -2.45. The van der Waals surface area contributed by atoms with Crippen molar-refractivity contribution in [2.24, 2.45) is 0 Å². The van der Waals surface area contributed by atoms with Crippen LogP contribution in [0.3, 0.4) is 0 Å². The zero-order valence-electron chi connectivity index (χ0n) is 15.6. The summed E-state index contributed by atoms with van der Waals surface area (Å²) in [6.45, 7) is 2.70. The molecule has 3 atom stereocenters. The molecule has 2 aliphatic rings. The summed E-state index contributed by atoms with van der Waals surface area (Å²) in [5, 5.41) is 0. The number of nitrogens with zero attached hydrogens (tertiary/aromatic N) is 1. The van der Waals surface area contributed by atoms with Crippen molar-refractivity contribution in [3.05, 3.63) is 66.0 Å². The van der Waals surface area contributed by atoms with Gasteiger partial charge in [0.2, 0.25) is 0 Å². The van der Waals surface area contributed by atoms with E-state index in [9.17, 15) is 4.39 Å². The van der Waals surface area contributed by atoms with Crippen molar-refractivity contribution in [2.75, 3.05) is 13.2 Å². The van der Waals surface area contributed by atoms with Gasteiger partial charge in [0.1, 0.15) is 0 Å². The van der Waals surface area contributed by atoms with Crippen molar-refractivity contribution in [1.29, 1.82) is 0 Å². The zero-order valence-corrected chi connectivity index (χ0v) is 15.6. The minimum atomic E-state index is -0.296. The van der Waals surface area contributed by atoms with Gasteiger partial charge in [0.05, 0.1) is 6.61 Å². The van der Waals surface area contributed by atoms with Crippen molar-refractivity contribution >= 4 is 0 Å². The number of likely N-dealkylation sites (tertiary alicyclic amines) is 1. The molecule has 144 valence electrons. The number of rotatable bonds is 7. The van der Waals surface area contributed by atoms with Crippen LogP contribution in [-0.2, 0) is 6.54 Å². The van der Waals surface area contributed by atoms with Gasteiger partial charge >= 0.3 is 0 Å². The highest BCUT2D eigenvalue weighted by molar-refractivity contribution is 5.23. The quantitative estimate of drug-likeness (QED) is 0.783. The van der Waals surface area contributed by atoms with Crippen LogP contribution in [0.25, 0.3) is 0 Å². The summed E-state index contributed by atoms with van der Waals surface area (Å²) in [6, 6.07) is 18.7. The molecule has 3 unspecified atom stereocenters. The minimum Gasteiger partial charge on any atom is -0.490 e. The number of hydrogen-bond donors (Lipinski definition) is 2. The van der Waals surface area contributed by atoms with Crippen LogP contribution in [0.5, 0.6) is 5.75 Å². The molecule has 0 aromatic heterocycles. The van der Waals surface area contributed by atoms with Gasteiger partial charge < -0.3 is 4.74 Å². The third-order valence-corrected chi connectivity index (χ3v) is 5.68. The molecule has 4 rings (SSSR count). The molecule has 0 spiro atoms. The number of hydrazine groups is 1. The predicted octanol–water partition coefficient (Wildman–Crippen LogP) is 3.49. The number of hydrogen-bond acceptors (Lipinski definition) is 4. The first kappa shape index (κ1) is 18.4. The average Bonchev–Trinajstić information content (AvgIpc) is 3.33. The second kappa shape index (κ2) is 8.83. The second-order valence-electron chi connectivity index (χ2n) is 7.56. The van der Waals surface area contributed by atoms with E-state index in [0.29, 0.717) is 30.5 Å². The molecular weight excluding hydrogens is 341 g/mol. The lowest BCUT2D eigenvalue weighted by Gasteiger charge is -2.29. The van der Waals surface area contributed by atoms with Gasteiger partial charge in [-0.1, -0.05) is 42.5 Å². The zero-order chi connectivity index (χ0) is 18.5. The molecule has 2 N–H and O–H groups in total. The molecule has 5 heteroatoms. The van der Waals surface area contributed by atoms with E-state index in [1.165, 1.54) is 31.0 Å². The molecule has 0 aliphatic carbocycles. The molecule has 0 saturated carbocycles. The molecule has 0 radical (unpaired) electrons. The van der Waals surface area contributed by atoms with Crippen LogP contribution in [0.1, 0.15) is 31.2 Å². The minimum absolute atomic E-state index is 0.296. The molecule has 2 aliphatic heterocycles. The van der Waals surface area contributed by atoms with E-state index in [4.69, 9.17) is 4.74 Å². The molecule has 27 heavy (non-hydrogen) atoms. The van der Waals surface area contributed by atoms with Gasteiger partial charge in [0.25, 0.3) is 0 Å². The first-order valence-electron chi connectivity index (χ1n) is 9.96. The Morgan fingerprint density at radius 3 is 2.70 bits per heavy atom. The largest absolute Gasteiger partial charge is 0.490 e. The number of halogens is 1. The molecule has 2 fully saturated rings. The molecule has 4 nitrogen and oxygen atoms in total. The fraction of sp³-hybridized carbons (Fsp3) is 0.455. The van der Waals surface area contributed by atoms with Crippen LogP contribution in [0.15, 0.2) is 54.6 Å². The van der Waals surface area contributed by atoms with Gasteiger partial charge in [-0.3, -0.25) is 15.8 Å². The van der Waals surface area contributed by atoms with Gasteiger partial charge in [-0.25, -0.2) is 4.39 Å². The standard InChI is InChI=1S/C22H28FN3O/c23-19-9-4-5-11-22(19)27-14-12-18-15-20(25-24-18)21-10-6-13-26(21)16-17-7-2-1-3-8-17/h1-5,7-9,11,18,20-21,24-25H,6,10,12-16H2. The maximum absolute atomic E-state index is 13.6. The topological polar surface area (TPSA) is 36.5 Å². The Bertz CT molecular complexity index is 727. The Kier molecular flexibility index (Phi) is 6.02. The summed E-state index contributed by atoms with van der Waals surface area (Å²) in [6.07, 6.45) is 4.45. The Balaban J connectivity index is 1.25. The molecule has 2 saturated heterocycles. The second-order valence-corrected chi connectivity index (χ2v) is 7.56. The maximum atomic E-state index is 13.6. The van der Waals surface area contributed by atoms with Crippen molar-refractivity contribution in [3.63, 3.8) is 0 Å². The third-order valence-electron chi connectivity index (χ3n) is 5.68. The Morgan fingerprint density at radius 1 is 1.04 bits per heavy atom. The van der Waals surface area contributed by atoms with E-state index < -0.39 is 0 Å². The maximum Gasteiger partial charge on any atom is 0.165 e. The summed E-state index contributed by atoms with van der Waals surface area (Å²) in [5.74, 6) is 0.0419. The number of benzene rings is 2. The summed E-state index contributed by atoms with van der Waals surface area (Å²) in [7, 11) is 0. The van der Waals surface area contributed by atoms with Crippen molar-refractivity contribution in [3.8, 4) is 5.75 Å². The normalized spacial score (nSPS) is 25.7. The smallest absolute Gasteiger partial charge is 0.165 e. The Labute approximate surface area is 160 Å². The van der Waals surface area contributed by atoms with Crippen LogP contribution in [0, 0.1) is 5.82 Å². The molecule has 2 heterocycles. The van der Waals surface area contributed by atoms with E-state index in [1.54, 1.807) is 18.2 Å². The van der Waals surface area contributed by atoms with Gasteiger partial charge in [-0.05, 0) is 49.9 Å². The third kappa shape index (κ3) is 4.67. The average molecular weight is 369 g/mol. The van der Waals surface area contributed by atoms with Crippen LogP contribution >= 0.6 is 0 Å². The molecule has 2 aromatic rings. The molecule has 0 amide bonds. The van der Waals surface area contributed by atoms with Crippen LogP contribution in [0.4, 0.5) is 4.39 Å². The lowest BCUT2D eigenvalue weighted by atomic mass is 9.99. The van der Waals surface area contributed by atoms with Crippen LogP contribution in [-0.4, -0.2) is 36.2 Å². The molecule has 0 bridgehead atoms. The van der Waals surface area contributed by atoms with Crippen LogP contribution < -0.4 is 15.6 Å². The van der Waals surface area contributed by atoms with Crippen molar-refractivity contribution in [2.45, 2.75) is 50.4 Å². The monoisotopic (exact) mass is 369 g/mol. The summed E-state index contributed by atoms with van der Waals surface area (Å²) in [5.41, 5.74) is 8.30. The summed E-state index contributed by atoms with van der Waals surface area (Å²) in [4.78, 5) is 2.60. The highest BCUT2D eigenvalue weighted by atomic mass is 19.1. The first-order valence-corrected chi connectivity index (χ1v) is 9.96. The van der Waals surface area contributed by atoms with Gasteiger partial charge in [-0.2, -0.15) is 0 Å². The number of para-hydroxylation sites is 1. The summed E-state index contributed by atoms with van der Waals surface area (Å²) >= 11 is 0. The van der Waals surface area contributed by atoms with Gasteiger partial charge in [0, 0.05) is 24.7 Å². The van der Waals surface area contributed by atoms with Crippen LogP contribution in [0.2, 0.25) is 0 Å². The fourth-order valence-electron chi connectivity index (χ4n) is 4.29. The van der Waals surface area contributed by atoms with E-state index in [-0.39, 0.29) is 5.82 Å². The molecular formula is C22H28FN3O. The number of nitrogens with one attached hydrogen (secondary N) is 2. The molecule has 2 aromatic carbocycles. The fourth-order valence-corrected chi connectivity index (χ4v) is 4.29. The Hall–Kier alpha value is -1.95. The SMILES string of the molecule is Fc1ccccc1OCCC1CC(C2CCCN2Cc2ccccc2)NN1. The van der Waals surface area contributed by atoms with Gasteiger partial charge in [0.15, 0.2) is 11.6 Å². The van der Waals surface area contributed by atoms with Crippen molar-refractivity contribution < 1.29 is 9.13 Å². The van der Waals surface area contributed by atoms with E-state index >= 15 is 0 Å². The highest BCUT2D eigenvalue weighted by Gasteiger charge is 2.36. The lowest BCUT2D eigenvalue weighted by molar-refractivity contribution is 0.203. The van der Waals surface area contributed by atoms with E-state index in [1.807, 2.05) is 0 Å². The van der Waals surface area contributed by atoms with E-state index in [2.05, 4.69) is 46.1 Å². The highest BCUT2D eigenvalue weighted by Crippen LogP contribution is 2.27. The predicted molar refractivity (Wildman–Crippen MR) is 105 cm³/mol. The van der Waals surface area contributed by atoms with Crippen molar-refractivity contribution in [1.82, 2.24) is 15.8 Å². The first-order chi connectivity index (χ1) is 13.3.